The molecule has 174 valence electrons. The van der Waals surface area contributed by atoms with E-state index in [0.29, 0.717) is 0 Å². The minimum Gasteiger partial charge on any atom is -0.404 e. The summed E-state index contributed by atoms with van der Waals surface area (Å²) in [7, 11) is -3.76. The lowest BCUT2D eigenvalue weighted by atomic mass is 10.3. The average Bonchev–Trinajstić information content (AvgIpc) is 2.73. The van der Waals surface area contributed by atoms with Crippen LogP contribution in [0.1, 0.15) is 14.6 Å². The van der Waals surface area contributed by atoms with Gasteiger partial charge >= 0.3 is 6.36 Å². The third kappa shape index (κ3) is 6.25. The molecular weight excluding hydrogens is 467 g/mol. The number of nitrogens with zero attached hydrogens (tertiary/aromatic N) is 4. The summed E-state index contributed by atoms with van der Waals surface area (Å²) in [5, 5.41) is 14.5. The number of pyridine rings is 2. The molecule has 11 nitrogen and oxygen atoms in total. The number of carbonyl (C=O) groups excluding carboxylic acids is 1. The van der Waals surface area contributed by atoms with E-state index in [4.69, 9.17) is 4.11 Å². The van der Waals surface area contributed by atoms with Gasteiger partial charge in [-0.25, -0.2) is 18.4 Å². The van der Waals surface area contributed by atoms with Crippen molar-refractivity contribution in [2.24, 2.45) is 0 Å². The van der Waals surface area contributed by atoms with Crippen LogP contribution in [-0.2, 0) is 9.84 Å². The molecule has 3 aromatic heterocycles. The zero-order chi connectivity index (χ0) is 26.7. The summed E-state index contributed by atoms with van der Waals surface area (Å²) in [4.78, 5) is 20.0. The molecule has 0 bridgehead atoms. The van der Waals surface area contributed by atoms with E-state index in [2.05, 4.69) is 35.5 Å². The lowest BCUT2D eigenvalue weighted by Crippen LogP contribution is -2.22. The predicted molar refractivity (Wildman–Crippen MR) is 110 cm³/mol. The number of rotatable bonds is 7. The third-order valence-corrected chi connectivity index (χ3v) is 4.90. The molecule has 0 aliphatic rings. The Morgan fingerprint density at radius 1 is 1.12 bits per heavy atom. The highest BCUT2D eigenvalue weighted by atomic mass is 32.2. The molecule has 1 amide bonds. The molecular formula is C18H16F3N7O4S. The van der Waals surface area contributed by atoms with Gasteiger partial charge in [0.05, 0.1) is 11.9 Å². The van der Waals surface area contributed by atoms with Gasteiger partial charge in [-0.05, 0) is 24.3 Å². The number of halogens is 3. The van der Waals surface area contributed by atoms with Gasteiger partial charge in [0.25, 0.3) is 5.91 Å². The molecule has 0 saturated carbocycles. The Labute approximate surface area is 189 Å². The van der Waals surface area contributed by atoms with Crippen LogP contribution in [0.5, 0.6) is 5.75 Å². The Bertz CT molecular complexity index is 1370. The molecule has 33 heavy (non-hydrogen) atoms. The highest BCUT2D eigenvalue weighted by molar-refractivity contribution is 7.90. The van der Waals surface area contributed by atoms with Gasteiger partial charge in [-0.1, -0.05) is 0 Å². The normalized spacial score (nSPS) is 13.3. The number of sulfone groups is 1. The zero-order valence-electron chi connectivity index (χ0n) is 19.5. The molecule has 0 radical (unpaired) electrons. The fourth-order valence-corrected chi connectivity index (χ4v) is 3.25. The second-order valence-corrected chi connectivity index (χ2v) is 8.23. The first-order valence-electron chi connectivity index (χ1n) is 10.2. The van der Waals surface area contributed by atoms with Gasteiger partial charge in [0.15, 0.2) is 21.3 Å². The van der Waals surface area contributed by atoms with Crippen molar-refractivity contribution in [1.82, 2.24) is 25.5 Å². The quantitative estimate of drug-likeness (QED) is 0.455. The second kappa shape index (κ2) is 9.23. The van der Waals surface area contributed by atoms with Gasteiger partial charge in [-0.3, -0.25) is 4.79 Å². The maximum Gasteiger partial charge on any atom is 0.573 e. The number of amides is 1. The maximum atomic E-state index is 12.5. The Hall–Kier alpha value is -4.01. The lowest BCUT2D eigenvalue weighted by Gasteiger charge is -2.14. The largest absolute Gasteiger partial charge is 0.573 e. The van der Waals surface area contributed by atoms with Crippen LogP contribution < -0.4 is 20.7 Å². The number of hydrogen-bond donors (Lipinski definition) is 3. The summed E-state index contributed by atoms with van der Waals surface area (Å²) < 4.78 is 86.6. The van der Waals surface area contributed by atoms with Gasteiger partial charge in [0.1, 0.15) is 22.3 Å². The van der Waals surface area contributed by atoms with E-state index in [1.165, 1.54) is 24.4 Å². The third-order valence-electron chi connectivity index (χ3n) is 3.77. The molecule has 0 unspecified atom stereocenters. The first-order valence-corrected chi connectivity index (χ1v) is 10.6. The molecule has 0 aliphatic carbocycles. The molecule has 0 saturated heterocycles. The molecule has 0 fully saturated rings. The van der Waals surface area contributed by atoms with E-state index in [0.717, 1.165) is 24.6 Å². The van der Waals surface area contributed by atoms with Crippen LogP contribution >= 0.6 is 0 Å². The Morgan fingerprint density at radius 2 is 1.91 bits per heavy atom. The SMILES string of the molecule is [2H]C([2H])([2H])NC(=O)c1nnc(Nc2ccc(OC(F)(F)F)cn2)cc1Nc1ncccc1S(C)(=O)=O. The molecule has 0 aliphatic heterocycles. The van der Waals surface area contributed by atoms with Gasteiger partial charge in [-0.2, -0.15) is 0 Å². The van der Waals surface area contributed by atoms with Crippen LogP contribution in [-0.4, -0.2) is 54.1 Å². The van der Waals surface area contributed by atoms with Gasteiger partial charge in [0, 0.05) is 29.6 Å². The summed E-state index contributed by atoms with van der Waals surface area (Å²) in [5.41, 5.74) is -0.696. The standard InChI is InChI=1S/C18H16F3N7O4S/c1-22-17(29)15-11(25-16-12(33(2,30)31)4-3-7-23-16)8-14(27-28-15)26-13-6-5-10(9-24-13)32-18(19,20)21/h3-9H,1-2H3,(H,22,29)(H2,23,24,25,26,27)/i1D3. The number of carbonyl (C=O) groups is 1. The molecule has 3 aromatic rings. The van der Waals surface area contributed by atoms with E-state index in [-0.39, 0.29) is 28.0 Å². The highest BCUT2D eigenvalue weighted by Crippen LogP contribution is 2.27. The van der Waals surface area contributed by atoms with E-state index in [1.807, 2.05) is 0 Å². The fraction of sp³-hybridized carbons (Fsp3) is 0.167. The van der Waals surface area contributed by atoms with Crippen LogP contribution in [0.3, 0.4) is 0 Å². The van der Waals surface area contributed by atoms with Crippen molar-refractivity contribution in [3.05, 3.63) is 48.4 Å². The van der Waals surface area contributed by atoms with Crippen molar-refractivity contribution in [3.63, 3.8) is 0 Å². The number of ether oxygens (including phenoxy) is 1. The maximum absolute atomic E-state index is 12.5. The Balaban J connectivity index is 1.97. The van der Waals surface area contributed by atoms with Crippen molar-refractivity contribution in [2.45, 2.75) is 11.3 Å². The van der Waals surface area contributed by atoms with Crippen LogP contribution in [0, 0.1) is 0 Å². The first kappa shape index (κ1) is 19.7. The number of alkyl halides is 3. The molecule has 0 atom stereocenters. The van der Waals surface area contributed by atoms with Gasteiger partial charge in [0.2, 0.25) is 0 Å². The second-order valence-electron chi connectivity index (χ2n) is 6.25. The number of anilines is 4. The summed E-state index contributed by atoms with van der Waals surface area (Å²) in [6.07, 6.45) is -1.88. The molecule has 0 spiro atoms. The lowest BCUT2D eigenvalue weighted by molar-refractivity contribution is -0.274. The van der Waals surface area contributed by atoms with Crippen molar-refractivity contribution in [3.8, 4) is 5.75 Å². The average molecular weight is 486 g/mol. The van der Waals surface area contributed by atoms with Gasteiger partial charge in [-0.15, -0.1) is 23.4 Å². The van der Waals surface area contributed by atoms with Crippen molar-refractivity contribution < 1.29 is 35.2 Å². The van der Waals surface area contributed by atoms with E-state index >= 15 is 0 Å². The Kier molecular flexibility index (Phi) is 5.50. The fourth-order valence-electron chi connectivity index (χ4n) is 2.47. The minimum absolute atomic E-state index is 0.0131. The number of nitrogens with one attached hydrogen (secondary N) is 3. The molecule has 3 heterocycles. The Morgan fingerprint density at radius 3 is 2.55 bits per heavy atom. The summed E-state index contributed by atoms with van der Waals surface area (Å²) in [6.45, 7) is -2.86. The summed E-state index contributed by atoms with van der Waals surface area (Å²) in [5.74, 6) is -1.98. The van der Waals surface area contributed by atoms with Crippen molar-refractivity contribution in [2.75, 3.05) is 23.9 Å². The van der Waals surface area contributed by atoms with Crippen LogP contribution in [0.15, 0.2) is 47.6 Å². The number of aromatic nitrogens is 4. The first-order chi connectivity index (χ1) is 16.6. The van der Waals surface area contributed by atoms with E-state index in [1.54, 1.807) is 5.32 Å². The molecule has 15 heteroatoms. The van der Waals surface area contributed by atoms with E-state index < -0.39 is 40.5 Å². The minimum atomic E-state index is -4.90. The van der Waals surface area contributed by atoms with Crippen LogP contribution in [0.4, 0.5) is 36.3 Å². The van der Waals surface area contributed by atoms with Crippen molar-refractivity contribution in [1.29, 1.82) is 0 Å². The monoisotopic (exact) mass is 486 g/mol. The zero-order valence-corrected chi connectivity index (χ0v) is 17.3. The highest BCUT2D eigenvalue weighted by Gasteiger charge is 2.31. The summed E-state index contributed by atoms with van der Waals surface area (Å²) in [6, 6.07) is 5.93. The topological polar surface area (TPSA) is 148 Å². The predicted octanol–water partition coefficient (Wildman–Crippen LogP) is 2.42. The van der Waals surface area contributed by atoms with Crippen LogP contribution in [0.2, 0.25) is 0 Å². The van der Waals surface area contributed by atoms with E-state index in [9.17, 15) is 26.4 Å². The van der Waals surface area contributed by atoms with Crippen LogP contribution in [0.25, 0.3) is 0 Å². The summed E-state index contributed by atoms with van der Waals surface area (Å²) >= 11 is 0. The van der Waals surface area contributed by atoms with Crippen molar-refractivity contribution >= 4 is 38.9 Å². The number of hydrogen-bond acceptors (Lipinski definition) is 10. The molecule has 0 aromatic carbocycles. The smallest absolute Gasteiger partial charge is 0.404 e. The molecule has 3 N–H and O–H groups in total. The van der Waals surface area contributed by atoms with Gasteiger partial charge < -0.3 is 20.7 Å². The molecule has 3 rings (SSSR count).